The predicted octanol–water partition coefficient (Wildman–Crippen LogP) is 0.896. The Hall–Kier alpha value is -2.43. The summed E-state index contributed by atoms with van der Waals surface area (Å²) in [6.45, 7) is 2.10. The van der Waals surface area contributed by atoms with Crippen LogP contribution in [0, 0.1) is 6.92 Å². The SMILES string of the molecule is Bc1ccc(-n2cc(-c3ccncn3)cn2)cc1C. The highest BCUT2D eigenvalue weighted by Gasteiger charge is 2.04. The molecule has 3 aromatic rings. The van der Waals surface area contributed by atoms with E-state index >= 15 is 0 Å². The lowest BCUT2D eigenvalue weighted by molar-refractivity contribution is 0.880. The molecule has 2 aromatic heterocycles. The number of aromatic nitrogens is 4. The van der Waals surface area contributed by atoms with Crippen molar-refractivity contribution in [3.05, 3.63) is 54.7 Å². The van der Waals surface area contributed by atoms with E-state index in [0.29, 0.717) is 0 Å². The first-order chi connectivity index (χ1) is 9.24. The van der Waals surface area contributed by atoms with Crippen molar-refractivity contribution >= 4 is 13.3 Å². The zero-order chi connectivity index (χ0) is 13.2. The predicted molar refractivity (Wildman–Crippen MR) is 77.5 cm³/mol. The molecule has 5 heteroatoms. The smallest absolute Gasteiger partial charge is 0.139 e. The first-order valence-electron chi connectivity index (χ1n) is 6.13. The van der Waals surface area contributed by atoms with Crippen LogP contribution in [0.3, 0.4) is 0 Å². The van der Waals surface area contributed by atoms with Crippen LogP contribution in [-0.2, 0) is 0 Å². The molecule has 1 aromatic carbocycles. The van der Waals surface area contributed by atoms with E-state index < -0.39 is 0 Å². The van der Waals surface area contributed by atoms with Crippen molar-refractivity contribution in [2.75, 3.05) is 0 Å². The van der Waals surface area contributed by atoms with Gasteiger partial charge >= 0.3 is 0 Å². The molecule has 4 nitrogen and oxygen atoms in total. The topological polar surface area (TPSA) is 43.6 Å². The van der Waals surface area contributed by atoms with Crippen LogP contribution >= 0.6 is 0 Å². The quantitative estimate of drug-likeness (QED) is 0.633. The van der Waals surface area contributed by atoms with E-state index in [1.807, 2.05) is 23.1 Å². The highest BCUT2D eigenvalue weighted by atomic mass is 15.3. The van der Waals surface area contributed by atoms with Crippen molar-refractivity contribution in [1.29, 1.82) is 0 Å². The number of rotatable bonds is 2. The molecule has 0 fully saturated rings. The molecule has 92 valence electrons. The highest BCUT2D eigenvalue weighted by molar-refractivity contribution is 6.33. The fraction of sp³-hybridized carbons (Fsp3) is 0.0714. The standard InChI is InChI=1S/C14H13BN4/c1-10-6-12(2-3-13(10)15)19-8-11(7-18-19)14-4-5-16-9-17-14/h2-9H,15H2,1H3. The van der Waals surface area contributed by atoms with Crippen LogP contribution in [0.25, 0.3) is 16.9 Å². The van der Waals surface area contributed by atoms with Crippen LogP contribution in [0.1, 0.15) is 5.56 Å². The number of benzene rings is 1. The van der Waals surface area contributed by atoms with Gasteiger partial charge in [0.2, 0.25) is 0 Å². The summed E-state index contributed by atoms with van der Waals surface area (Å²) in [7, 11) is 2.11. The van der Waals surface area contributed by atoms with E-state index in [4.69, 9.17) is 0 Å². The van der Waals surface area contributed by atoms with Gasteiger partial charge in [0, 0.05) is 18.0 Å². The van der Waals surface area contributed by atoms with Crippen molar-refractivity contribution < 1.29 is 0 Å². The normalized spacial score (nSPS) is 10.6. The van der Waals surface area contributed by atoms with Crippen molar-refractivity contribution in [2.45, 2.75) is 6.92 Å². The Bertz CT molecular complexity index is 706. The first kappa shape index (κ1) is 11.7. The van der Waals surface area contributed by atoms with Gasteiger partial charge in [-0.25, -0.2) is 14.6 Å². The summed E-state index contributed by atoms with van der Waals surface area (Å²) in [4.78, 5) is 8.14. The molecule has 0 saturated carbocycles. The molecule has 0 aliphatic heterocycles. The summed E-state index contributed by atoms with van der Waals surface area (Å²) in [5.41, 5.74) is 5.47. The summed E-state index contributed by atoms with van der Waals surface area (Å²) in [5, 5.41) is 4.39. The van der Waals surface area contributed by atoms with Crippen molar-refractivity contribution in [3.63, 3.8) is 0 Å². The maximum Gasteiger partial charge on any atom is 0.139 e. The van der Waals surface area contributed by atoms with E-state index in [1.165, 1.54) is 11.0 Å². The number of nitrogens with zero attached hydrogens (tertiary/aromatic N) is 4. The summed E-state index contributed by atoms with van der Waals surface area (Å²) in [6.07, 6.45) is 7.07. The molecular weight excluding hydrogens is 235 g/mol. The van der Waals surface area contributed by atoms with Gasteiger partial charge in [0.1, 0.15) is 14.2 Å². The monoisotopic (exact) mass is 248 g/mol. The summed E-state index contributed by atoms with van der Waals surface area (Å²) < 4.78 is 1.86. The molecule has 0 radical (unpaired) electrons. The van der Waals surface area contributed by atoms with E-state index in [2.05, 4.69) is 48.0 Å². The number of hydrogen-bond donors (Lipinski definition) is 0. The Balaban J connectivity index is 1.99. The number of aryl methyl sites for hydroxylation is 1. The largest absolute Gasteiger partial charge is 0.245 e. The molecule has 0 bridgehead atoms. The minimum atomic E-state index is 0.880. The van der Waals surface area contributed by atoms with Gasteiger partial charge in [-0.15, -0.1) is 0 Å². The molecule has 3 rings (SSSR count). The molecule has 0 unspecified atom stereocenters. The molecule has 0 atom stereocenters. The minimum Gasteiger partial charge on any atom is -0.245 e. The molecule has 0 aliphatic carbocycles. The average Bonchev–Trinajstić information content (AvgIpc) is 2.93. The molecular formula is C14H13BN4. The Morgan fingerprint density at radius 2 is 2.11 bits per heavy atom. The van der Waals surface area contributed by atoms with Crippen LogP contribution in [0.4, 0.5) is 0 Å². The molecule has 19 heavy (non-hydrogen) atoms. The Labute approximate surface area is 112 Å². The van der Waals surface area contributed by atoms with Gasteiger partial charge in [-0.2, -0.15) is 5.10 Å². The van der Waals surface area contributed by atoms with Crippen LogP contribution in [0.15, 0.2) is 49.2 Å². The summed E-state index contributed by atoms with van der Waals surface area (Å²) in [5.74, 6) is 0. The summed E-state index contributed by atoms with van der Waals surface area (Å²) in [6, 6.07) is 8.18. The molecule has 0 saturated heterocycles. The second kappa shape index (κ2) is 4.68. The van der Waals surface area contributed by atoms with E-state index in [9.17, 15) is 0 Å². The zero-order valence-electron chi connectivity index (χ0n) is 10.9. The second-order valence-corrected chi connectivity index (χ2v) is 4.54. The van der Waals surface area contributed by atoms with Crippen LogP contribution in [0.2, 0.25) is 0 Å². The van der Waals surface area contributed by atoms with Crippen LogP contribution in [-0.4, -0.2) is 27.6 Å². The third-order valence-corrected chi connectivity index (χ3v) is 3.22. The highest BCUT2D eigenvalue weighted by Crippen LogP contribution is 2.17. The molecule has 0 spiro atoms. The Morgan fingerprint density at radius 1 is 1.21 bits per heavy atom. The van der Waals surface area contributed by atoms with Crippen LogP contribution < -0.4 is 5.46 Å². The third-order valence-electron chi connectivity index (χ3n) is 3.22. The Morgan fingerprint density at radius 3 is 2.84 bits per heavy atom. The molecule has 0 amide bonds. The fourth-order valence-electron chi connectivity index (χ4n) is 1.93. The lowest BCUT2D eigenvalue weighted by Crippen LogP contribution is -2.08. The van der Waals surface area contributed by atoms with Crippen molar-refractivity contribution in [3.8, 4) is 16.9 Å². The van der Waals surface area contributed by atoms with Gasteiger partial charge in [-0.1, -0.05) is 17.1 Å². The van der Waals surface area contributed by atoms with E-state index in [1.54, 1.807) is 12.5 Å². The fourth-order valence-corrected chi connectivity index (χ4v) is 1.93. The lowest BCUT2D eigenvalue weighted by atomic mass is 9.91. The lowest BCUT2D eigenvalue weighted by Gasteiger charge is -2.05. The minimum absolute atomic E-state index is 0.880. The summed E-state index contributed by atoms with van der Waals surface area (Å²) >= 11 is 0. The van der Waals surface area contributed by atoms with Crippen molar-refractivity contribution in [2.24, 2.45) is 0 Å². The van der Waals surface area contributed by atoms with Gasteiger partial charge in [0.15, 0.2) is 0 Å². The van der Waals surface area contributed by atoms with Gasteiger partial charge in [0.05, 0.1) is 17.6 Å². The molecule has 2 heterocycles. The third kappa shape index (κ3) is 2.27. The van der Waals surface area contributed by atoms with Gasteiger partial charge in [-0.3, -0.25) is 0 Å². The van der Waals surface area contributed by atoms with E-state index in [-0.39, 0.29) is 0 Å². The van der Waals surface area contributed by atoms with Crippen molar-refractivity contribution in [1.82, 2.24) is 19.7 Å². The van der Waals surface area contributed by atoms with Gasteiger partial charge < -0.3 is 0 Å². The molecule has 0 aliphatic rings. The van der Waals surface area contributed by atoms with Crippen LogP contribution in [0.5, 0.6) is 0 Å². The van der Waals surface area contributed by atoms with E-state index in [0.717, 1.165) is 16.9 Å². The maximum absolute atomic E-state index is 4.39. The average molecular weight is 248 g/mol. The van der Waals surface area contributed by atoms with Gasteiger partial charge in [-0.05, 0) is 25.1 Å². The van der Waals surface area contributed by atoms with Gasteiger partial charge in [0.25, 0.3) is 0 Å². The Kier molecular flexibility index (Phi) is 2.87. The first-order valence-corrected chi connectivity index (χ1v) is 6.13. The molecule has 0 N–H and O–H groups in total. The zero-order valence-corrected chi connectivity index (χ0v) is 10.9. The number of hydrogen-bond acceptors (Lipinski definition) is 3. The second-order valence-electron chi connectivity index (χ2n) is 4.54. The maximum atomic E-state index is 4.39.